The van der Waals surface area contributed by atoms with E-state index in [1.165, 1.54) is 10.4 Å². The van der Waals surface area contributed by atoms with Gasteiger partial charge in [-0.2, -0.15) is 0 Å². The third-order valence-corrected chi connectivity index (χ3v) is 5.51. The summed E-state index contributed by atoms with van der Waals surface area (Å²) in [6.45, 7) is -0.132. The van der Waals surface area contributed by atoms with Crippen LogP contribution in [0.25, 0.3) is 0 Å². The first-order chi connectivity index (χ1) is 10.0. The fourth-order valence-corrected chi connectivity index (χ4v) is 4.31. The van der Waals surface area contributed by atoms with Crippen molar-refractivity contribution < 1.29 is 17.9 Å². The second-order valence-corrected chi connectivity index (χ2v) is 6.70. The number of hydrogen-bond acceptors (Lipinski definition) is 3. The van der Waals surface area contributed by atoms with Gasteiger partial charge < -0.3 is 5.11 Å². The van der Waals surface area contributed by atoms with Crippen LogP contribution in [0.1, 0.15) is 11.1 Å². The van der Waals surface area contributed by atoms with Gasteiger partial charge in [-0.05, 0) is 35.7 Å². The summed E-state index contributed by atoms with van der Waals surface area (Å²) in [6, 6.07) is 10.6. The lowest BCUT2D eigenvalue weighted by Crippen LogP contribution is -2.30. The number of sulfonamides is 1. The van der Waals surface area contributed by atoms with Crippen molar-refractivity contribution >= 4 is 15.7 Å². The quantitative estimate of drug-likeness (QED) is 0.944. The second-order valence-electron chi connectivity index (χ2n) is 4.87. The Morgan fingerprint density at radius 1 is 1.19 bits per heavy atom. The molecule has 0 fully saturated rings. The van der Waals surface area contributed by atoms with Gasteiger partial charge in [0.2, 0.25) is 0 Å². The van der Waals surface area contributed by atoms with Gasteiger partial charge in [-0.1, -0.05) is 24.3 Å². The van der Waals surface area contributed by atoms with Crippen LogP contribution in [-0.4, -0.2) is 20.1 Å². The largest absolute Gasteiger partial charge is 0.392 e. The van der Waals surface area contributed by atoms with E-state index in [1.807, 2.05) is 12.1 Å². The lowest BCUT2D eigenvalue weighted by Gasteiger charge is -2.21. The van der Waals surface area contributed by atoms with Crippen LogP contribution in [-0.2, 0) is 23.1 Å². The molecule has 1 aliphatic heterocycles. The van der Waals surface area contributed by atoms with Gasteiger partial charge in [0.25, 0.3) is 10.0 Å². The summed E-state index contributed by atoms with van der Waals surface area (Å²) in [7, 11) is -3.88. The summed E-state index contributed by atoms with van der Waals surface area (Å²) in [4.78, 5) is -0.179. The van der Waals surface area contributed by atoms with Crippen LogP contribution in [0.5, 0.6) is 0 Å². The third-order valence-electron chi connectivity index (χ3n) is 3.61. The van der Waals surface area contributed by atoms with Crippen molar-refractivity contribution in [1.82, 2.24) is 0 Å². The molecule has 21 heavy (non-hydrogen) atoms. The summed E-state index contributed by atoms with van der Waals surface area (Å²) in [6.07, 6.45) is 0.624. The molecule has 0 aliphatic carbocycles. The Bertz CT molecular complexity index is 789. The van der Waals surface area contributed by atoms with E-state index in [-0.39, 0.29) is 10.5 Å². The standard InChI is InChI=1S/C15H14FNO3S/c16-13-6-5-12(10-18)15(9-13)21(19,20)17-8-7-11-3-1-2-4-14(11)17/h1-6,9,18H,7-8,10H2. The van der Waals surface area contributed by atoms with E-state index in [0.717, 1.165) is 17.7 Å². The molecule has 0 spiro atoms. The Hall–Kier alpha value is -1.92. The predicted octanol–water partition coefficient (Wildman–Crippen LogP) is 2.07. The Labute approximate surface area is 122 Å². The van der Waals surface area contributed by atoms with Crippen LogP contribution in [0.15, 0.2) is 47.4 Å². The first-order valence-electron chi connectivity index (χ1n) is 6.54. The molecule has 0 amide bonds. The van der Waals surface area contributed by atoms with E-state index in [4.69, 9.17) is 0 Å². The van der Waals surface area contributed by atoms with Crippen molar-refractivity contribution in [2.75, 3.05) is 10.8 Å². The van der Waals surface area contributed by atoms with Crippen LogP contribution in [0.3, 0.4) is 0 Å². The molecule has 2 aromatic carbocycles. The van der Waals surface area contributed by atoms with Crippen molar-refractivity contribution in [3.8, 4) is 0 Å². The van der Waals surface area contributed by atoms with Gasteiger partial charge in [-0.25, -0.2) is 12.8 Å². The SMILES string of the molecule is O=S(=O)(c1cc(F)ccc1CO)N1CCc2ccccc21. The maximum atomic E-state index is 13.4. The molecular weight excluding hydrogens is 293 g/mol. The van der Waals surface area contributed by atoms with Gasteiger partial charge >= 0.3 is 0 Å². The van der Waals surface area contributed by atoms with Gasteiger partial charge in [0, 0.05) is 6.54 Å². The highest BCUT2D eigenvalue weighted by atomic mass is 32.2. The smallest absolute Gasteiger partial charge is 0.264 e. The van der Waals surface area contributed by atoms with Crippen molar-refractivity contribution in [3.05, 3.63) is 59.4 Å². The molecule has 3 rings (SSSR count). The second kappa shape index (κ2) is 5.13. The minimum absolute atomic E-state index is 0.179. The first kappa shape index (κ1) is 14.0. The number of aliphatic hydroxyl groups excluding tert-OH is 1. The molecule has 0 radical (unpaired) electrons. The highest BCUT2D eigenvalue weighted by molar-refractivity contribution is 7.93. The van der Waals surface area contributed by atoms with Crippen LogP contribution < -0.4 is 4.31 Å². The van der Waals surface area contributed by atoms with E-state index in [2.05, 4.69) is 0 Å². The molecule has 6 heteroatoms. The molecule has 1 aliphatic rings. The number of anilines is 1. The predicted molar refractivity (Wildman–Crippen MR) is 77.0 cm³/mol. The van der Waals surface area contributed by atoms with E-state index in [1.54, 1.807) is 12.1 Å². The zero-order valence-electron chi connectivity index (χ0n) is 11.2. The number of rotatable bonds is 3. The number of nitrogens with zero attached hydrogens (tertiary/aromatic N) is 1. The Morgan fingerprint density at radius 3 is 2.71 bits per heavy atom. The fourth-order valence-electron chi connectivity index (χ4n) is 2.58. The summed E-state index contributed by atoms with van der Waals surface area (Å²) >= 11 is 0. The molecule has 0 bridgehead atoms. The van der Waals surface area contributed by atoms with Gasteiger partial charge in [0.15, 0.2) is 0 Å². The van der Waals surface area contributed by atoms with E-state index in [0.29, 0.717) is 18.7 Å². The number of para-hydroxylation sites is 1. The Kier molecular flexibility index (Phi) is 3.43. The molecule has 1 heterocycles. The number of halogens is 1. The van der Waals surface area contributed by atoms with Gasteiger partial charge in [-0.3, -0.25) is 4.31 Å². The maximum absolute atomic E-state index is 13.4. The fraction of sp³-hybridized carbons (Fsp3) is 0.200. The summed E-state index contributed by atoms with van der Waals surface area (Å²) in [5.41, 5.74) is 1.76. The number of benzene rings is 2. The zero-order valence-corrected chi connectivity index (χ0v) is 12.0. The average molecular weight is 307 g/mol. The first-order valence-corrected chi connectivity index (χ1v) is 7.98. The highest BCUT2D eigenvalue weighted by Gasteiger charge is 2.32. The van der Waals surface area contributed by atoms with Crippen molar-refractivity contribution in [2.45, 2.75) is 17.9 Å². The minimum Gasteiger partial charge on any atom is -0.392 e. The minimum atomic E-state index is -3.88. The summed E-state index contributed by atoms with van der Waals surface area (Å²) in [5, 5.41) is 9.31. The van der Waals surface area contributed by atoms with Gasteiger partial charge in [0.05, 0.1) is 17.2 Å². The van der Waals surface area contributed by atoms with Crippen molar-refractivity contribution in [1.29, 1.82) is 0 Å². The average Bonchev–Trinajstić information content (AvgIpc) is 2.92. The molecule has 0 unspecified atom stereocenters. The van der Waals surface area contributed by atoms with Crippen molar-refractivity contribution in [2.24, 2.45) is 0 Å². The topological polar surface area (TPSA) is 57.6 Å². The van der Waals surface area contributed by atoms with Gasteiger partial charge in [-0.15, -0.1) is 0 Å². The molecule has 0 saturated carbocycles. The normalized spacial score (nSPS) is 14.3. The van der Waals surface area contributed by atoms with Crippen LogP contribution in [0.4, 0.5) is 10.1 Å². The highest BCUT2D eigenvalue weighted by Crippen LogP contribution is 2.33. The third kappa shape index (κ3) is 2.30. The number of hydrogen-bond donors (Lipinski definition) is 1. The van der Waals surface area contributed by atoms with E-state index < -0.39 is 22.4 Å². The Balaban J connectivity index is 2.13. The summed E-state index contributed by atoms with van der Waals surface area (Å²) < 4.78 is 40.3. The monoisotopic (exact) mass is 307 g/mol. The van der Waals surface area contributed by atoms with E-state index in [9.17, 15) is 17.9 Å². The zero-order chi connectivity index (χ0) is 15.0. The molecule has 0 saturated heterocycles. The lowest BCUT2D eigenvalue weighted by atomic mass is 10.2. The van der Waals surface area contributed by atoms with Crippen LogP contribution in [0.2, 0.25) is 0 Å². The number of aliphatic hydroxyl groups is 1. The van der Waals surface area contributed by atoms with Crippen molar-refractivity contribution in [3.63, 3.8) is 0 Å². The van der Waals surface area contributed by atoms with E-state index >= 15 is 0 Å². The molecule has 110 valence electrons. The van der Waals surface area contributed by atoms with Gasteiger partial charge in [0.1, 0.15) is 5.82 Å². The Morgan fingerprint density at radius 2 is 1.95 bits per heavy atom. The molecule has 0 atom stereocenters. The molecule has 0 aromatic heterocycles. The lowest BCUT2D eigenvalue weighted by molar-refractivity contribution is 0.278. The molecule has 2 aromatic rings. The molecular formula is C15H14FNO3S. The molecule has 4 nitrogen and oxygen atoms in total. The van der Waals surface area contributed by atoms with Crippen LogP contribution in [0, 0.1) is 5.82 Å². The summed E-state index contributed by atoms with van der Waals surface area (Å²) in [5.74, 6) is -0.641. The molecule has 1 N–H and O–H groups in total. The maximum Gasteiger partial charge on any atom is 0.264 e. The van der Waals surface area contributed by atoms with Crippen LogP contribution >= 0.6 is 0 Å². The number of fused-ring (bicyclic) bond motifs is 1.